The maximum absolute atomic E-state index is 12.1. The van der Waals surface area contributed by atoms with Crippen molar-refractivity contribution < 1.29 is 22.9 Å². The number of nitro groups is 1. The van der Waals surface area contributed by atoms with Gasteiger partial charge in [0.2, 0.25) is 0 Å². The molecule has 0 aliphatic rings. The van der Waals surface area contributed by atoms with E-state index >= 15 is 0 Å². The lowest BCUT2D eigenvalue weighted by Crippen LogP contribution is -2.30. The lowest BCUT2D eigenvalue weighted by molar-refractivity contribution is -0.385. The van der Waals surface area contributed by atoms with Gasteiger partial charge < -0.3 is 4.90 Å². The second-order valence-electron chi connectivity index (χ2n) is 3.88. The van der Waals surface area contributed by atoms with Crippen LogP contribution in [0.25, 0.3) is 0 Å². The van der Waals surface area contributed by atoms with Crippen LogP contribution in [0.2, 0.25) is 5.15 Å². The highest BCUT2D eigenvalue weighted by molar-refractivity contribution is 6.32. The first kappa shape index (κ1) is 16.2. The Morgan fingerprint density at radius 3 is 2.65 bits per heavy atom. The summed E-state index contributed by atoms with van der Waals surface area (Å²) < 4.78 is 36.2. The highest BCUT2D eigenvalue weighted by Gasteiger charge is 2.29. The van der Waals surface area contributed by atoms with E-state index in [1.165, 1.54) is 0 Å². The molecule has 0 atom stereocenters. The molecule has 1 heterocycles. The zero-order chi connectivity index (χ0) is 15.5. The van der Waals surface area contributed by atoms with Crippen LogP contribution in [0.4, 0.5) is 18.9 Å². The predicted molar refractivity (Wildman–Crippen MR) is 63.5 cm³/mol. The highest BCUT2D eigenvalue weighted by atomic mass is 35.5. The van der Waals surface area contributed by atoms with Crippen LogP contribution in [0.15, 0.2) is 12.3 Å². The molecular formula is C10H9ClF3N3O3. The minimum Gasteiger partial charge on any atom is -0.341 e. The number of carbonyl (C=O) groups is 1. The molecule has 0 saturated heterocycles. The van der Waals surface area contributed by atoms with Gasteiger partial charge in [0.05, 0.1) is 16.9 Å². The number of carbonyl (C=O) groups excluding carboxylic acids is 1. The minimum absolute atomic E-state index is 0.306. The van der Waals surface area contributed by atoms with Gasteiger partial charge in [-0.1, -0.05) is 11.6 Å². The van der Waals surface area contributed by atoms with E-state index in [1.54, 1.807) is 0 Å². The third-order valence-corrected chi connectivity index (χ3v) is 2.64. The Labute approximate surface area is 116 Å². The third-order valence-electron chi connectivity index (χ3n) is 2.34. The molecule has 0 saturated carbocycles. The molecule has 1 aromatic rings. The monoisotopic (exact) mass is 311 g/mol. The molecule has 0 spiro atoms. The molecule has 20 heavy (non-hydrogen) atoms. The summed E-state index contributed by atoms with van der Waals surface area (Å²) in [5.41, 5.74) is -0.785. The van der Waals surface area contributed by atoms with Crippen molar-refractivity contribution in [3.63, 3.8) is 0 Å². The highest BCUT2D eigenvalue weighted by Crippen LogP contribution is 2.22. The van der Waals surface area contributed by atoms with Crippen molar-refractivity contribution in [2.75, 3.05) is 13.6 Å². The number of pyridine rings is 1. The zero-order valence-electron chi connectivity index (χ0n) is 10.1. The van der Waals surface area contributed by atoms with Crippen molar-refractivity contribution in [3.8, 4) is 0 Å². The summed E-state index contributed by atoms with van der Waals surface area (Å²) in [4.78, 5) is 25.9. The second kappa shape index (κ2) is 6.04. The average molecular weight is 312 g/mol. The van der Waals surface area contributed by atoms with Crippen LogP contribution >= 0.6 is 11.6 Å². The van der Waals surface area contributed by atoms with Gasteiger partial charge in [-0.25, -0.2) is 4.98 Å². The maximum atomic E-state index is 12.1. The summed E-state index contributed by atoms with van der Waals surface area (Å²) in [6, 6.07) is 0.877. The lowest BCUT2D eigenvalue weighted by Gasteiger charge is -2.18. The van der Waals surface area contributed by atoms with Gasteiger partial charge in [0, 0.05) is 19.7 Å². The molecule has 1 aromatic heterocycles. The normalized spacial score (nSPS) is 11.2. The first-order valence-electron chi connectivity index (χ1n) is 5.24. The number of alkyl halides is 3. The zero-order valence-corrected chi connectivity index (χ0v) is 10.9. The summed E-state index contributed by atoms with van der Waals surface area (Å²) in [7, 11) is 1.14. The molecule has 0 unspecified atom stereocenters. The molecule has 0 bridgehead atoms. The average Bonchev–Trinajstić information content (AvgIpc) is 2.34. The van der Waals surface area contributed by atoms with E-state index < -0.39 is 35.7 Å². The first-order valence-corrected chi connectivity index (χ1v) is 5.62. The molecule has 110 valence electrons. The number of halogens is 4. The smallest absolute Gasteiger partial charge is 0.341 e. The third kappa shape index (κ3) is 4.34. The van der Waals surface area contributed by atoms with E-state index in [4.69, 9.17) is 11.6 Å². The molecule has 1 amide bonds. The number of rotatable bonds is 4. The van der Waals surface area contributed by atoms with Gasteiger partial charge >= 0.3 is 6.18 Å². The van der Waals surface area contributed by atoms with Gasteiger partial charge in [-0.2, -0.15) is 13.2 Å². The second-order valence-corrected chi connectivity index (χ2v) is 4.24. The molecule has 0 radical (unpaired) electrons. The molecule has 0 fully saturated rings. The molecule has 0 aliphatic heterocycles. The van der Waals surface area contributed by atoms with Crippen LogP contribution in [0.5, 0.6) is 0 Å². The van der Waals surface area contributed by atoms with Crippen LogP contribution in [0, 0.1) is 10.1 Å². The van der Waals surface area contributed by atoms with Gasteiger partial charge in [0.15, 0.2) is 0 Å². The molecule has 1 rings (SSSR count). The molecule has 10 heteroatoms. The van der Waals surface area contributed by atoms with Crippen LogP contribution < -0.4 is 0 Å². The number of amides is 1. The predicted octanol–water partition coefficient (Wildman–Crippen LogP) is 2.67. The Morgan fingerprint density at radius 1 is 1.55 bits per heavy atom. The van der Waals surface area contributed by atoms with Crippen molar-refractivity contribution in [1.82, 2.24) is 9.88 Å². The fraction of sp³-hybridized carbons (Fsp3) is 0.400. The van der Waals surface area contributed by atoms with E-state index in [-0.39, 0.29) is 10.7 Å². The topological polar surface area (TPSA) is 76.3 Å². The van der Waals surface area contributed by atoms with E-state index in [0.717, 1.165) is 24.2 Å². The van der Waals surface area contributed by atoms with E-state index in [0.29, 0.717) is 0 Å². The molecule has 0 aliphatic carbocycles. The van der Waals surface area contributed by atoms with Crippen LogP contribution in [0.1, 0.15) is 16.8 Å². The fourth-order valence-corrected chi connectivity index (χ4v) is 1.47. The largest absolute Gasteiger partial charge is 0.390 e. The molecule has 0 N–H and O–H groups in total. The van der Waals surface area contributed by atoms with E-state index in [9.17, 15) is 28.1 Å². The number of hydrogen-bond donors (Lipinski definition) is 0. The summed E-state index contributed by atoms with van der Waals surface area (Å²) in [5, 5.41) is 10.3. The summed E-state index contributed by atoms with van der Waals surface area (Å²) in [6.45, 7) is -0.582. The maximum Gasteiger partial charge on any atom is 0.390 e. The van der Waals surface area contributed by atoms with Crippen LogP contribution in [-0.4, -0.2) is 40.5 Å². The van der Waals surface area contributed by atoms with Crippen molar-refractivity contribution in [1.29, 1.82) is 0 Å². The van der Waals surface area contributed by atoms with E-state index in [1.807, 2.05) is 0 Å². The van der Waals surface area contributed by atoms with Gasteiger partial charge in [0.25, 0.3) is 11.6 Å². The van der Waals surface area contributed by atoms with Crippen molar-refractivity contribution >= 4 is 23.2 Å². The quantitative estimate of drug-likeness (QED) is 0.486. The van der Waals surface area contributed by atoms with Crippen molar-refractivity contribution in [2.24, 2.45) is 0 Å². The van der Waals surface area contributed by atoms with Crippen LogP contribution in [-0.2, 0) is 0 Å². The molecular weight excluding hydrogens is 303 g/mol. The Balaban J connectivity index is 2.91. The van der Waals surface area contributed by atoms with E-state index in [2.05, 4.69) is 4.98 Å². The Bertz CT molecular complexity index is 536. The van der Waals surface area contributed by atoms with Gasteiger partial charge in [-0.05, 0) is 0 Å². The van der Waals surface area contributed by atoms with Crippen LogP contribution in [0.3, 0.4) is 0 Å². The SMILES string of the molecule is CN(CCC(F)(F)F)C(=O)c1cc([N+](=O)[O-])cnc1Cl. The summed E-state index contributed by atoms with van der Waals surface area (Å²) in [5.74, 6) is -0.865. The number of hydrogen-bond acceptors (Lipinski definition) is 4. The van der Waals surface area contributed by atoms with Gasteiger partial charge in [0.1, 0.15) is 11.3 Å². The lowest BCUT2D eigenvalue weighted by atomic mass is 10.2. The molecule has 6 nitrogen and oxygen atoms in total. The Morgan fingerprint density at radius 2 is 2.15 bits per heavy atom. The van der Waals surface area contributed by atoms with Gasteiger partial charge in [-0.15, -0.1) is 0 Å². The Kier molecular flexibility index (Phi) is 4.88. The Hall–Kier alpha value is -1.90. The first-order chi connectivity index (χ1) is 9.11. The number of aromatic nitrogens is 1. The fourth-order valence-electron chi connectivity index (χ4n) is 1.29. The summed E-state index contributed by atoms with van der Waals surface area (Å²) >= 11 is 5.63. The van der Waals surface area contributed by atoms with Gasteiger partial charge in [-0.3, -0.25) is 14.9 Å². The van der Waals surface area contributed by atoms with Crippen molar-refractivity contribution in [3.05, 3.63) is 33.1 Å². The minimum atomic E-state index is -4.40. The number of nitrogens with zero attached hydrogens (tertiary/aromatic N) is 3. The standard InChI is InChI=1S/C10H9ClF3N3O3/c1-16(3-2-10(12,13)14)9(18)7-4-6(17(19)20)5-15-8(7)11/h4-5H,2-3H2,1H3. The van der Waals surface area contributed by atoms with Crippen molar-refractivity contribution in [2.45, 2.75) is 12.6 Å². The summed E-state index contributed by atoms with van der Waals surface area (Å²) in [6.07, 6.45) is -4.73. The molecule has 0 aromatic carbocycles.